The molecule has 0 bridgehead atoms. The van der Waals surface area contributed by atoms with Crippen LogP contribution in [0.5, 0.6) is 0 Å². The topological polar surface area (TPSA) is 55.4 Å². The number of amides is 1. The van der Waals surface area contributed by atoms with Gasteiger partial charge in [-0.2, -0.15) is 0 Å². The lowest BCUT2D eigenvalue weighted by molar-refractivity contribution is 0.0603. The van der Waals surface area contributed by atoms with Gasteiger partial charge in [0.25, 0.3) is 5.91 Å². The standard InChI is InChI=1S/C21H18BrNO3S/c1-3-13-4-6-14(7-5-13)17-12-27-20(18(17)21(25)26-2)23-19(24)15-8-10-16(22)11-9-15/h4-12H,3H2,1-2H3,(H,23,24). The highest BCUT2D eigenvalue weighted by atomic mass is 79.9. The molecule has 0 unspecified atom stereocenters. The summed E-state index contributed by atoms with van der Waals surface area (Å²) < 4.78 is 5.85. The van der Waals surface area contributed by atoms with E-state index in [4.69, 9.17) is 4.74 Å². The third-order valence-corrected chi connectivity index (χ3v) is 5.61. The third-order valence-electron chi connectivity index (χ3n) is 4.19. The molecule has 1 amide bonds. The molecule has 0 aliphatic rings. The lowest BCUT2D eigenvalue weighted by Crippen LogP contribution is -2.14. The van der Waals surface area contributed by atoms with E-state index < -0.39 is 5.97 Å². The first-order chi connectivity index (χ1) is 13.0. The van der Waals surface area contributed by atoms with Crippen molar-refractivity contribution in [3.8, 4) is 11.1 Å². The summed E-state index contributed by atoms with van der Waals surface area (Å²) in [7, 11) is 1.34. The van der Waals surface area contributed by atoms with Crippen molar-refractivity contribution in [3.63, 3.8) is 0 Å². The van der Waals surface area contributed by atoms with Crippen LogP contribution < -0.4 is 5.32 Å². The molecule has 1 aromatic heterocycles. The molecule has 138 valence electrons. The average molecular weight is 444 g/mol. The summed E-state index contributed by atoms with van der Waals surface area (Å²) in [5.74, 6) is -0.751. The van der Waals surface area contributed by atoms with Crippen LogP contribution in [0.3, 0.4) is 0 Å². The second kappa shape index (κ2) is 8.50. The summed E-state index contributed by atoms with van der Waals surface area (Å²) in [4.78, 5) is 24.9. The number of benzene rings is 2. The van der Waals surface area contributed by atoms with E-state index in [1.54, 1.807) is 24.3 Å². The molecule has 3 rings (SSSR count). The number of halogens is 1. The van der Waals surface area contributed by atoms with Gasteiger partial charge < -0.3 is 10.1 Å². The summed E-state index contributed by atoms with van der Waals surface area (Å²) in [5, 5.41) is 5.18. The van der Waals surface area contributed by atoms with Gasteiger partial charge in [-0.25, -0.2) is 4.79 Å². The number of aryl methyl sites for hydroxylation is 1. The Labute approximate surface area is 170 Å². The van der Waals surface area contributed by atoms with Gasteiger partial charge in [0.05, 0.1) is 7.11 Å². The third kappa shape index (κ3) is 4.28. The maximum atomic E-state index is 12.5. The van der Waals surface area contributed by atoms with Gasteiger partial charge in [0.1, 0.15) is 10.6 Å². The van der Waals surface area contributed by atoms with Crippen molar-refractivity contribution in [3.05, 3.63) is 75.1 Å². The van der Waals surface area contributed by atoms with E-state index >= 15 is 0 Å². The summed E-state index contributed by atoms with van der Waals surface area (Å²) in [5.41, 5.74) is 3.76. The minimum absolute atomic E-state index is 0.276. The molecular formula is C21H18BrNO3S. The molecule has 0 saturated heterocycles. The number of hydrogen-bond donors (Lipinski definition) is 1. The van der Waals surface area contributed by atoms with Crippen molar-refractivity contribution in [2.75, 3.05) is 12.4 Å². The van der Waals surface area contributed by atoms with Gasteiger partial charge in [-0.3, -0.25) is 4.79 Å². The number of anilines is 1. The molecule has 2 aromatic carbocycles. The van der Waals surface area contributed by atoms with Crippen molar-refractivity contribution in [1.29, 1.82) is 0 Å². The molecule has 0 aliphatic heterocycles. The van der Waals surface area contributed by atoms with Crippen LogP contribution in [-0.4, -0.2) is 19.0 Å². The Hall–Kier alpha value is -2.44. The predicted molar refractivity (Wildman–Crippen MR) is 113 cm³/mol. The molecule has 0 saturated carbocycles. The Morgan fingerprint density at radius 2 is 1.74 bits per heavy atom. The van der Waals surface area contributed by atoms with Gasteiger partial charge in [0, 0.05) is 21.0 Å². The lowest BCUT2D eigenvalue weighted by Gasteiger charge is -2.08. The van der Waals surface area contributed by atoms with Crippen LogP contribution in [0.25, 0.3) is 11.1 Å². The second-order valence-electron chi connectivity index (χ2n) is 5.86. The number of carbonyl (C=O) groups is 2. The number of esters is 1. The Bertz CT molecular complexity index is 962. The Kier molecular flexibility index (Phi) is 6.08. The van der Waals surface area contributed by atoms with Crippen molar-refractivity contribution in [1.82, 2.24) is 0 Å². The normalized spacial score (nSPS) is 10.5. The van der Waals surface area contributed by atoms with Crippen molar-refractivity contribution < 1.29 is 14.3 Å². The van der Waals surface area contributed by atoms with Gasteiger partial charge in [0.15, 0.2) is 0 Å². The second-order valence-corrected chi connectivity index (χ2v) is 7.65. The van der Waals surface area contributed by atoms with Crippen LogP contribution in [0, 0.1) is 0 Å². The number of hydrogen-bond acceptors (Lipinski definition) is 4. The summed E-state index contributed by atoms with van der Waals surface area (Å²) in [6.45, 7) is 2.09. The number of rotatable bonds is 5. The highest BCUT2D eigenvalue weighted by molar-refractivity contribution is 9.10. The van der Waals surface area contributed by atoms with Gasteiger partial charge >= 0.3 is 5.97 Å². The molecule has 6 heteroatoms. The van der Waals surface area contributed by atoms with Gasteiger partial charge in [-0.1, -0.05) is 47.1 Å². The predicted octanol–water partition coefficient (Wildman–Crippen LogP) is 5.78. The van der Waals surface area contributed by atoms with E-state index in [1.165, 1.54) is 24.0 Å². The van der Waals surface area contributed by atoms with E-state index in [9.17, 15) is 9.59 Å². The van der Waals surface area contributed by atoms with Crippen LogP contribution in [0.15, 0.2) is 58.4 Å². The Balaban J connectivity index is 1.95. The van der Waals surface area contributed by atoms with Crippen molar-refractivity contribution >= 4 is 44.1 Å². The average Bonchev–Trinajstić information content (AvgIpc) is 3.11. The Morgan fingerprint density at radius 3 is 2.33 bits per heavy atom. The van der Waals surface area contributed by atoms with E-state index in [0.29, 0.717) is 16.1 Å². The van der Waals surface area contributed by atoms with Crippen LogP contribution in [0.1, 0.15) is 33.2 Å². The van der Waals surface area contributed by atoms with Crippen LogP contribution in [-0.2, 0) is 11.2 Å². The molecular weight excluding hydrogens is 426 g/mol. The SMILES string of the molecule is CCc1ccc(-c2csc(NC(=O)c3ccc(Br)cc3)c2C(=O)OC)cc1. The molecule has 0 radical (unpaired) electrons. The van der Waals surface area contributed by atoms with Gasteiger partial charge in [-0.15, -0.1) is 11.3 Å². The van der Waals surface area contributed by atoms with E-state index in [-0.39, 0.29) is 5.91 Å². The molecule has 3 aromatic rings. The molecule has 1 N–H and O–H groups in total. The number of methoxy groups -OCH3 is 1. The molecule has 0 atom stereocenters. The first-order valence-electron chi connectivity index (χ1n) is 8.39. The van der Waals surface area contributed by atoms with E-state index in [1.807, 2.05) is 29.6 Å². The largest absolute Gasteiger partial charge is 0.465 e. The molecule has 4 nitrogen and oxygen atoms in total. The molecule has 0 spiro atoms. The Morgan fingerprint density at radius 1 is 1.07 bits per heavy atom. The fourth-order valence-electron chi connectivity index (χ4n) is 2.66. The summed E-state index contributed by atoms with van der Waals surface area (Å²) in [6, 6.07) is 15.1. The maximum Gasteiger partial charge on any atom is 0.341 e. The van der Waals surface area contributed by atoms with Crippen LogP contribution in [0.2, 0.25) is 0 Å². The fourth-order valence-corrected chi connectivity index (χ4v) is 3.88. The minimum Gasteiger partial charge on any atom is -0.465 e. The smallest absolute Gasteiger partial charge is 0.341 e. The molecule has 27 heavy (non-hydrogen) atoms. The molecule has 1 heterocycles. The fraction of sp³-hybridized carbons (Fsp3) is 0.143. The van der Waals surface area contributed by atoms with E-state index in [2.05, 4.69) is 28.2 Å². The van der Waals surface area contributed by atoms with Gasteiger partial charge in [0.2, 0.25) is 0 Å². The zero-order valence-electron chi connectivity index (χ0n) is 14.9. The summed E-state index contributed by atoms with van der Waals surface area (Å²) in [6.07, 6.45) is 0.947. The first-order valence-corrected chi connectivity index (χ1v) is 10.1. The zero-order valence-corrected chi connectivity index (χ0v) is 17.3. The minimum atomic E-state index is -0.475. The molecule has 0 fully saturated rings. The van der Waals surface area contributed by atoms with Crippen molar-refractivity contribution in [2.24, 2.45) is 0 Å². The number of carbonyl (C=O) groups excluding carboxylic acids is 2. The van der Waals surface area contributed by atoms with E-state index in [0.717, 1.165) is 22.0 Å². The maximum absolute atomic E-state index is 12.5. The lowest BCUT2D eigenvalue weighted by atomic mass is 10.0. The van der Waals surface area contributed by atoms with Crippen molar-refractivity contribution in [2.45, 2.75) is 13.3 Å². The molecule has 0 aliphatic carbocycles. The van der Waals surface area contributed by atoms with Crippen LogP contribution >= 0.6 is 27.3 Å². The number of thiophene rings is 1. The quantitative estimate of drug-likeness (QED) is 0.508. The zero-order chi connectivity index (χ0) is 19.4. The van der Waals surface area contributed by atoms with Gasteiger partial charge in [-0.05, 0) is 41.8 Å². The summed E-state index contributed by atoms with van der Waals surface area (Å²) >= 11 is 4.66. The first kappa shape index (κ1) is 19.3. The highest BCUT2D eigenvalue weighted by Gasteiger charge is 2.22. The number of nitrogens with one attached hydrogen (secondary N) is 1. The highest BCUT2D eigenvalue weighted by Crippen LogP contribution is 2.36. The monoisotopic (exact) mass is 443 g/mol. The van der Waals surface area contributed by atoms with Crippen LogP contribution in [0.4, 0.5) is 5.00 Å². The number of ether oxygens (including phenoxy) is 1.